The average molecular weight is 310 g/mol. The second kappa shape index (κ2) is 6.16. The van der Waals surface area contributed by atoms with E-state index in [-0.39, 0.29) is 5.91 Å². The van der Waals surface area contributed by atoms with Crippen LogP contribution in [0.5, 0.6) is 0 Å². The summed E-state index contributed by atoms with van der Waals surface area (Å²) in [5, 5.41) is 11.0. The van der Waals surface area contributed by atoms with Crippen molar-refractivity contribution in [2.24, 2.45) is 0 Å². The van der Waals surface area contributed by atoms with E-state index in [1.54, 1.807) is 0 Å². The van der Waals surface area contributed by atoms with Crippen LogP contribution in [0.2, 0.25) is 0 Å². The van der Waals surface area contributed by atoms with Gasteiger partial charge in [-0.15, -0.1) is 0 Å². The Morgan fingerprint density at radius 2 is 2.00 bits per heavy atom. The van der Waals surface area contributed by atoms with E-state index in [9.17, 15) is 4.79 Å². The first-order valence-corrected chi connectivity index (χ1v) is 8.44. The maximum absolute atomic E-state index is 12.3. The number of nitrogens with one attached hydrogen (secondary N) is 2. The van der Waals surface area contributed by atoms with E-state index in [2.05, 4.69) is 27.6 Å². The zero-order valence-corrected chi connectivity index (χ0v) is 13.2. The van der Waals surface area contributed by atoms with Crippen LogP contribution < -0.4 is 5.32 Å². The molecule has 1 aliphatic heterocycles. The van der Waals surface area contributed by atoms with Gasteiger partial charge in [0.25, 0.3) is 0 Å². The third-order valence-electron chi connectivity index (χ3n) is 4.74. The molecule has 4 rings (SSSR count). The lowest BCUT2D eigenvalue weighted by Crippen LogP contribution is -2.40. The van der Waals surface area contributed by atoms with Crippen LogP contribution in [0.3, 0.4) is 0 Å². The van der Waals surface area contributed by atoms with Crippen LogP contribution in [-0.4, -0.2) is 46.7 Å². The number of hydrogen-bond donors (Lipinski definition) is 2. The number of nitrogens with zero attached hydrogens (tertiary/aromatic N) is 2. The van der Waals surface area contributed by atoms with Crippen molar-refractivity contribution < 1.29 is 4.79 Å². The van der Waals surface area contributed by atoms with E-state index in [0.717, 1.165) is 37.2 Å². The van der Waals surface area contributed by atoms with E-state index < -0.39 is 0 Å². The van der Waals surface area contributed by atoms with Crippen LogP contribution in [0, 0.1) is 0 Å². The van der Waals surface area contributed by atoms with Gasteiger partial charge in [0.1, 0.15) is 0 Å². The zero-order chi connectivity index (χ0) is 15.6. The van der Waals surface area contributed by atoms with E-state index in [0.29, 0.717) is 12.6 Å². The summed E-state index contributed by atoms with van der Waals surface area (Å²) in [7, 11) is 0. The Labute approximate surface area is 136 Å². The molecule has 0 atom stereocenters. The topological polar surface area (TPSA) is 61.0 Å². The minimum atomic E-state index is 0.219. The summed E-state index contributed by atoms with van der Waals surface area (Å²) in [5.41, 5.74) is 4.61. The lowest BCUT2D eigenvalue weighted by molar-refractivity contribution is -0.130. The first kappa shape index (κ1) is 14.5. The van der Waals surface area contributed by atoms with Gasteiger partial charge in [-0.05, 0) is 19.3 Å². The Morgan fingerprint density at radius 1 is 1.22 bits per heavy atom. The van der Waals surface area contributed by atoms with Gasteiger partial charge in [0, 0.05) is 42.4 Å². The van der Waals surface area contributed by atoms with Gasteiger partial charge in [-0.3, -0.25) is 9.89 Å². The molecule has 23 heavy (non-hydrogen) atoms. The van der Waals surface area contributed by atoms with Crippen molar-refractivity contribution in [1.29, 1.82) is 0 Å². The minimum absolute atomic E-state index is 0.219. The smallest absolute Gasteiger partial charge is 0.236 e. The molecule has 120 valence electrons. The largest absolute Gasteiger partial charge is 0.341 e. The molecular formula is C18H22N4O. The van der Waals surface area contributed by atoms with Crippen molar-refractivity contribution in [3.63, 3.8) is 0 Å². The highest BCUT2D eigenvalue weighted by molar-refractivity contribution is 5.78. The number of rotatable bonds is 4. The number of carbonyl (C=O) groups is 1. The van der Waals surface area contributed by atoms with Gasteiger partial charge in [0.05, 0.1) is 12.2 Å². The summed E-state index contributed by atoms with van der Waals surface area (Å²) < 4.78 is 0. The number of H-pyrrole nitrogens is 1. The Morgan fingerprint density at radius 3 is 2.78 bits per heavy atom. The van der Waals surface area contributed by atoms with Gasteiger partial charge in [0.2, 0.25) is 5.91 Å². The van der Waals surface area contributed by atoms with Crippen molar-refractivity contribution in [2.75, 3.05) is 19.6 Å². The molecule has 2 aliphatic rings. The fourth-order valence-corrected chi connectivity index (χ4v) is 3.20. The van der Waals surface area contributed by atoms with Crippen molar-refractivity contribution >= 4 is 5.91 Å². The second-order valence-electron chi connectivity index (χ2n) is 6.43. The van der Waals surface area contributed by atoms with E-state index in [1.165, 1.54) is 24.1 Å². The monoisotopic (exact) mass is 310 g/mol. The maximum Gasteiger partial charge on any atom is 0.236 e. The summed E-state index contributed by atoms with van der Waals surface area (Å²) >= 11 is 0. The highest BCUT2D eigenvalue weighted by Gasteiger charge is 2.25. The summed E-state index contributed by atoms with van der Waals surface area (Å²) in [6, 6.07) is 10.8. The highest BCUT2D eigenvalue weighted by atomic mass is 16.2. The number of benzene rings is 1. The molecule has 2 heterocycles. The second-order valence-corrected chi connectivity index (χ2v) is 6.43. The molecule has 0 radical (unpaired) electrons. The third-order valence-corrected chi connectivity index (χ3v) is 4.74. The van der Waals surface area contributed by atoms with Gasteiger partial charge in [0.15, 0.2) is 0 Å². The molecule has 1 amide bonds. The Balaban J connectivity index is 1.46. The van der Waals surface area contributed by atoms with E-state index in [4.69, 9.17) is 0 Å². The number of carbonyl (C=O) groups excluding carboxylic acids is 1. The van der Waals surface area contributed by atoms with E-state index >= 15 is 0 Å². The lowest BCUT2D eigenvalue weighted by atomic mass is 10.0. The van der Waals surface area contributed by atoms with Crippen LogP contribution >= 0.6 is 0 Å². The van der Waals surface area contributed by atoms with Crippen molar-refractivity contribution in [3.05, 3.63) is 41.6 Å². The number of aromatic amines is 1. The molecule has 0 spiro atoms. The van der Waals surface area contributed by atoms with Gasteiger partial charge in [-0.25, -0.2) is 0 Å². The molecule has 0 unspecified atom stereocenters. The Hall–Kier alpha value is -2.14. The van der Waals surface area contributed by atoms with E-state index in [1.807, 2.05) is 23.1 Å². The molecule has 1 aromatic heterocycles. The summed E-state index contributed by atoms with van der Waals surface area (Å²) in [6.07, 6.45) is 4.14. The molecule has 1 fully saturated rings. The number of amides is 1. The molecule has 1 aliphatic carbocycles. The Kier molecular flexibility index (Phi) is 3.87. The normalized spacial score (nSPS) is 17.7. The summed E-state index contributed by atoms with van der Waals surface area (Å²) in [5.74, 6) is 0.219. The molecule has 1 aromatic carbocycles. The first-order chi connectivity index (χ1) is 11.3. The van der Waals surface area contributed by atoms with Crippen LogP contribution in [0.15, 0.2) is 30.3 Å². The standard InChI is InChI=1S/C18H22N4O/c23-17(12-19-14-6-7-14)22-10-8-15-16(9-11-22)20-21-18(15)13-4-2-1-3-5-13/h1-5,14,19H,6-12H2,(H,20,21). The zero-order valence-electron chi connectivity index (χ0n) is 13.2. The van der Waals surface area contributed by atoms with Crippen molar-refractivity contribution in [3.8, 4) is 11.3 Å². The molecule has 2 aromatic rings. The quantitative estimate of drug-likeness (QED) is 0.904. The van der Waals surface area contributed by atoms with Gasteiger partial charge in [-0.1, -0.05) is 30.3 Å². The third kappa shape index (κ3) is 3.15. The molecule has 5 nitrogen and oxygen atoms in total. The molecule has 5 heteroatoms. The predicted octanol–water partition coefficient (Wildman–Crippen LogP) is 1.76. The molecule has 2 N–H and O–H groups in total. The van der Waals surface area contributed by atoms with Gasteiger partial charge < -0.3 is 10.2 Å². The predicted molar refractivity (Wildman–Crippen MR) is 89.0 cm³/mol. The SMILES string of the molecule is O=C(CNC1CC1)N1CCc2[nH]nc(-c3ccccc3)c2CC1. The first-order valence-electron chi connectivity index (χ1n) is 8.44. The summed E-state index contributed by atoms with van der Waals surface area (Å²) in [6.45, 7) is 2.02. The lowest BCUT2D eigenvalue weighted by Gasteiger charge is -2.20. The average Bonchev–Trinajstić information content (AvgIpc) is 3.37. The highest BCUT2D eigenvalue weighted by Crippen LogP contribution is 2.26. The number of fused-ring (bicyclic) bond motifs is 1. The number of aromatic nitrogens is 2. The van der Waals surface area contributed by atoms with Crippen LogP contribution in [0.1, 0.15) is 24.1 Å². The number of hydrogen-bond acceptors (Lipinski definition) is 3. The fourth-order valence-electron chi connectivity index (χ4n) is 3.20. The Bertz CT molecular complexity index is 690. The van der Waals surface area contributed by atoms with Crippen molar-refractivity contribution in [1.82, 2.24) is 20.4 Å². The molecule has 0 bridgehead atoms. The fraction of sp³-hybridized carbons (Fsp3) is 0.444. The molecule has 1 saturated carbocycles. The minimum Gasteiger partial charge on any atom is -0.341 e. The van der Waals surface area contributed by atoms with Crippen LogP contribution in [0.4, 0.5) is 0 Å². The molecular weight excluding hydrogens is 288 g/mol. The van der Waals surface area contributed by atoms with Crippen LogP contribution in [-0.2, 0) is 17.6 Å². The summed E-state index contributed by atoms with van der Waals surface area (Å²) in [4.78, 5) is 14.3. The molecule has 0 saturated heterocycles. The van der Waals surface area contributed by atoms with Crippen LogP contribution in [0.25, 0.3) is 11.3 Å². The maximum atomic E-state index is 12.3. The van der Waals surface area contributed by atoms with Crippen molar-refractivity contribution in [2.45, 2.75) is 31.7 Å². The van der Waals surface area contributed by atoms with Gasteiger partial charge >= 0.3 is 0 Å². The van der Waals surface area contributed by atoms with Gasteiger partial charge in [-0.2, -0.15) is 5.10 Å².